The lowest BCUT2D eigenvalue weighted by molar-refractivity contribution is -0.125. The number of benzene rings is 2. The zero-order valence-corrected chi connectivity index (χ0v) is 15.4. The van der Waals surface area contributed by atoms with Gasteiger partial charge in [0.2, 0.25) is 5.91 Å². The lowest BCUT2D eigenvalue weighted by atomic mass is 9.73. The third kappa shape index (κ3) is 4.46. The van der Waals surface area contributed by atoms with Gasteiger partial charge in [0.05, 0.1) is 5.41 Å². The van der Waals surface area contributed by atoms with Crippen LogP contribution in [0, 0.1) is 6.92 Å². The number of ether oxygens (including phenoxy) is 2. The minimum atomic E-state index is -0.604. The highest BCUT2D eigenvalue weighted by atomic mass is 16.5. The topological polar surface area (TPSA) is 90.6 Å². The lowest BCUT2D eigenvalue weighted by Gasteiger charge is -2.36. The predicted molar refractivity (Wildman–Crippen MR) is 103 cm³/mol. The van der Waals surface area contributed by atoms with Gasteiger partial charge in [-0.05, 0) is 49.6 Å². The third-order valence-electron chi connectivity index (χ3n) is 4.88. The van der Waals surface area contributed by atoms with E-state index in [9.17, 15) is 9.59 Å². The highest BCUT2D eigenvalue weighted by Gasteiger charge is 2.41. The summed E-state index contributed by atoms with van der Waals surface area (Å²) >= 11 is 0. The SMILES string of the molecule is Cc1ccc(C2(C(=O)Nc3ccc(OCC(N)=O)cc3)CCOCC2)cc1. The van der Waals surface area contributed by atoms with Crippen LogP contribution in [-0.4, -0.2) is 31.6 Å². The van der Waals surface area contributed by atoms with Gasteiger partial charge in [-0.3, -0.25) is 9.59 Å². The smallest absolute Gasteiger partial charge is 0.255 e. The van der Waals surface area contributed by atoms with Gasteiger partial charge < -0.3 is 20.5 Å². The molecule has 0 radical (unpaired) electrons. The monoisotopic (exact) mass is 368 g/mol. The summed E-state index contributed by atoms with van der Waals surface area (Å²) in [5.41, 5.74) is 7.30. The number of carbonyl (C=O) groups is 2. The van der Waals surface area contributed by atoms with E-state index in [1.54, 1.807) is 24.3 Å². The second-order valence-corrected chi connectivity index (χ2v) is 6.79. The van der Waals surface area contributed by atoms with Crippen LogP contribution < -0.4 is 15.8 Å². The molecule has 1 heterocycles. The summed E-state index contributed by atoms with van der Waals surface area (Å²) in [6.07, 6.45) is 1.28. The molecule has 2 aromatic carbocycles. The van der Waals surface area contributed by atoms with E-state index >= 15 is 0 Å². The van der Waals surface area contributed by atoms with Gasteiger partial charge in [-0.15, -0.1) is 0 Å². The Morgan fingerprint density at radius 2 is 1.70 bits per heavy atom. The van der Waals surface area contributed by atoms with Gasteiger partial charge in [0.25, 0.3) is 5.91 Å². The van der Waals surface area contributed by atoms with Crippen molar-refractivity contribution in [1.29, 1.82) is 0 Å². The van der Waals surface area contributed by atoms with E-state index in [0.717, 1.165) is 11.1 Å². The van der Waals surface area contributed by atoms with E-state index in [-0.39, 0.29) is 12.5 Å². The summed E-state index contributed by atoms with van der Waals surface area (Å²) in [4.78, 5) is 24.0. The Morgan fingerprint density at radius 1 is 1.07 bits per heavy atom. The molecule has 3 N–H and O–H groups in total. The number of amides is 2. The first-order valence-electron chi connectivity index (χ1n) is 8.97. The van der Waals surface area contributed by atoms with Crippen LogP contribution in [0.5, 0.6) is 5.75 Å². The molecule has 142 valence electrons. The van der Waals surface area contributed by atoms with E-state index in [0.29, 0.717) is 37.5 Å². The van der Waals surface area contributed by atoms with Gasteiger partial charge >= 0.3 is 0 Å². The summed E-state index contributed by atoms with van der Waals surface area (Å²) in [7, 11) is 0. The maximum Gasteiger partial charge on any atom is 0.255 e. The number of hydrogen-bond acceptors (Lipinski definition) is 4. The molecule has 1 fully saturated rings. The zero-order chi connectivity index (χ0) is 19.3. The molecule has 3 rings (SSSR count). The van der Waals surface area contributed by atoms with E-state index in [1.165, 1.54) is 0 Å². The minimum Gasteiger partial charge on any atom is -0.484 e. The van der Waals surface area contributed by atoms with E-state index < -0.39 is 11.3 Å². The Bertz CT molecular complexity index is 794. The maximum atomic E-state index is 13.2. The molecule has 0 saturated carbocycles. The van der Waals surface area contributed by atoms with Gasteiger partial charge in [-0.2, -0.15) is 0 Å². The highest BCUT2D eigenvalue weighted by molar-refractivity contribution is 5.99. The summed E-state index contributed by atoms with van der Waals surface area (Å²) in [5.74, 6) is -0.0569. The number of carbonyl (C=O) groups excluding carboxylic acids is 2. The summed E-state index contributed by atoms with van der Waals surface area (Å²) < 4.78 is 10.7. The van der Waals surface area contributed by atoms with Gasteiger partial charge in [0, 0.05) is 18.9 Å². The molecule has 2 aromatic rings. The fraction of sp³-hybridized carbons (Fsp3) is 0.333. The standard InChI is InChI=1S/C21H24N2O4/c1-15-2-4-16(5-3-15)21(10-12-26-13-11-21)20(25)23-17-6-8-18(9-7-17)27-14-19(22)24/h2-9H,10-14H2,1H3,(H2,22,24)(H,23,25). The molecule has 6 nitrogen and oxygen atoms in total. The molecule has 0 unspecified atom stereocenters. The fourth-order valence-corrected chi connectivity index (χ4v) is 3.28. The molecule has 1 aliphatic rings. The number of nitrogens with two attached hydrogens (primary N) is 1. The maximum absolute atomic E-state index is 13.2. The number of hydrogen-bond donors (Lipinski definition) is 2. The van der Waals surface area contributed by atoms with Crippen LogP contribution in [0.4, 0.5) is 5.69 Å². The average molecular weight is 368 g/mol. The lowest BCUT2D eigenvalue weighted by Crippen LogP contribution is -2.44. The molecular weight excluding hydrogens is 344 g/mol. The Hall–Kier alpha value is -2.86. The van der Waals surface area contributed by atoms with Crippen molar-refractivity contribution in [1.82, 2.24) is 0 Å². The van der Waals surface area contributed by atoms with E-state index in [1.807, 2.05) is 31.2 Å². The molecule has 1 aliphatic heterocycles. The second-order valence-electron chi connectivity index (χ2n) is 6.79. The summed E-state index contributed by atoms with van der Waals surface area (Å²) in [5, 5.41) is 3.02. The van der Waals surface area contributed by atoms with Crippen LogP contribution in [0.2, 0.25) is 0 Å². The van der Waals surface area contributed by atoms with E-state index in [2.05, 4.69) is 5.32 Å². The number of rotatable bonds is 6. The van der Waals surface area contributed by atoms with Gasteiger partial charge in [-0.25, -0.2) is 0 Å². The van der Waals surface area contributed by atoms with Crippen molar-refractivity contribution in [2.24, 2.45) is 5.73 Å². The van der Waals surface area contributed by atoms with Crippen LogP contribution in [0.25, 0.3) is 0 Å². The molecule has 0 aromatic heterocycles. The van der Waals surface area contributed by atoms with Crippen LogP contribution >= 0.6 is 0 Å². The first-order chi connectivity index (χ1) is 13.0. The molecular formula is C21H24N2O4. The molecule has 0 aliphatic carbocycles. The molecule has 6 heteroatoms. The molecule has 0 bridgehead atoms. The Balaban J connectivity index is 1.77. The summed E-state index contributed by atoms with van der Waals surface area (Å²) in [6, 6.07) is 15.0. The van der Waals surface area contributed by atoms with Crippen LogP contribution in [0.1, 0.15) is 24.0 Å². The zero-order valence-electron chi connectivity index (χ0n) is 15.4. The Morgan fingerprint density at radius 3 is 2.30 bits per heavy atom. The van der Waals surface area contributed by atoms with Crippen molar-refractivity contribution in [3.8, 4) is 5.75 Å². The normalized spacial score (nSPS) is 15.7. The first kappa shape index (κ1) is 18.9. The second kappa shape index (κ2) is 8.22. The highest BCUT2D eigenvalue weighted by Crippen LogP contribution is 2.36. The molecule has 2 amide bonds. The number of nitrogens with one attached hydrogen (secondary N) is 1. The predicted octanol–water partition coefficient (Wildman–Crippen LogP) is 2.55. The van der Waals surface area contributed by atoms with Crippen molar-refractivity contribution >= 4 is 17.5 Å². The van der Waals surface area contributed by atoms with E-state index in [4.69, 9.17) is 15.2 Å². The average Bonchev–Trinajstić information content (AvgIpc) is 2.68. The Labute approximate surface area is 158 Å². The third-order valence-corrected chi connectivity index (χ3v) is 4.88. The van der Waals surface area contributed by atoms with Crippen LogP contribution in [0.3, 0.4) is 0 Å². The Kier molecular flexibility index (Phi) is 5.76. The number of anilines is 1. The van der Waals surface area contributed by atoms with Crippen LogP contribution in [-0.2, 0) is 19.7 Å². The van der Waals surface area contributed by atoms with Crippen molar-refractivity contribution < 1.29 is 19.1 Å². The molecule has 0 atom stereocenters. The van der Waals surface area contributed by atoms with Gasteiger partial charge in [-0.1, -0.05) is 29.8 Å². The van der Waals surface area contributed by atoms with Crippen molar-refractivity contribution in [3.63, 3.8) is 0 Å². The first-order valence-corrected chi connectivity index (χ1v) is 8.97. The van der Waals surface area contributed by atoms with Gasteiger partial charge in [0.15, 0.2) is 6.61 Å². The molecule has 1 saturated heterocycles. The minimum absolute atomic E-state index is 0.0412. The molecule has 27 heavy (non-hydrogen) atoms. The largest absolute Gasteiger partial charge is 0.484 e. The van der Waals surface area contributed by atoms with Crippen molar-refractivity contribution in [3.05, 3.63) is 59.7 Å². The summed E-state index contributed by atoms with van der Waals surface area (Å²) in [6.45, 7) is 2.97. The fourth-order valence-electron chi connectivity index (χ4n) is 3.28. The van der Waals surface area contributed by atoms with Gasteiger partial charge in [0.1, 0.15) is 5.75 Å². The van der Waals surface area contributed by atoms with Crippen molar-refractivity contribution in [2.45, 2.75) is 25.2 Å². The number of primary amides is 1. The van der Waals surface area contributed by atoms with Crippen LogP contribution in [0.15, 0.2) is 48.5 Å². The number of aryl methyl sites for hydroxylation is 1. The quantitative estimate of drug-likeness (QED) is 0.820. The van der Waals surface area contributed by atoms with Crippen molar-refractivity contribution in [2.75, 3.05) is 25.1 Å². The molecule has 0 spiro atoms.